The van der Waals surface area contributed by atoms with Gasteiger partial charge in [0.05, 0.1) is 13.1 Å². The average Bonchev–Trinajstić information content (AvgIpc) is 2.94. The van der Waals surface area contributed by atoms with E-state index in [2.05, 4.69) is 19.9 Å². The summed E-state index contributed by atoms with van der Waals surface area (Å²) in [5.74, 6) is 1.29. The molecule has 0 atom stereocenters. The summed E-state index contributed by atoms with van der Waals surface area (Å²) in [5.41, 5.74) is 4.07. The van der Waals surface area contributed by atoms with E-state index in [1.165, 1.54) is 0 Å². The predicted octanol–water partition coefficient (Wildman–Crippen LogP) is 4.95. The first-order valence-electron chi connectivity index (χ1n) is 11.1. The van der Waals surface area contributed by atoms with Gasteiger partial charge in [0.15, 0.2) is 0 Å². The van der Waals surface area contributed by atoms with Crippen LogP contribution in [0.25, 0.3) is 0 Å². The van der Waals surface area contributed by atoms with E-state index in [0.717, 1.165) is 28.1 Å². The number of rotatable bonds is 6. The Kier molecular flexibility index (Phi) is 7.37. The van der Waals surface area contributed by atoms with E-state index in [-0.39, 0.29) is 17.7 Å². The van der Waals surface area contributed by atoms with Crippen LogP contribution >= 0.6 is 0 Å². The average molecular weight is 423 g/mol. The molecule has 0 unspecified atom stereocenters. The molecule has 1 heterocycles. The molecule has 1 aliphatic rings. The number of benzene rings is 2. The Balaban J connectivity index is 1.85. The van der Waals surface area contributed by atoms with Crippen molar-refractivity contribution < 1.29 is 14.3 Å². The highest BCUT2D eigenvalue weighted by molar-refractivity contribution is 5.94. The SMILES string of the molecule is Cc1ccc(N(Cc2ccc3c(c2)CN(C(=O)CC(C)C)CCO3)C(=O)C(C)C)cc1. The Labute approximate surface area is 186 Å². The lowest BCUT2D eigenvalue weighted by Gasteiger charge is -2.26. The molecule has 31 heavy (non-hydrogen) atoms. The fourth-order valence-corrected chi connectivity index (χ4v) is 3.75. The predicted molar refractivity (Wildman–Crippen MR) is 124 cm³/mol. The first kappa shape index (κ1) is 22.9. The van der Waals surface area contributed by atoms with E-state index in [4.69, 9.17) is 4.74 Å². The molecule has 0 aliphatic carbocycles. The maximum Gasteiger partial charge on any atom is 0.229 e. The van der Waals surface area contributed by atoms with Gasteiger partial charge in [0.25, 0.3) is 0 Å². The molecule has 0 saturated heterocycles. The van der Waals surface area contributed by atoms with Gasteiger partial charge >= 0.3 is 0 Å². The molecule has 0 saturated carbocycles. The molecule has 0 radical (unpaired) electrons. The number of anilines is 1. The molecule has 5 nitrogen and oxygen atoms in total. The smallest absolute Gasteiger partial charge is 0.229 e. The second-order valence-corrected chi connectivity index (χ2v) is 9.12. The van der Waals surface area contributed by atoms with Gasteiger partial charge in [-0.1, -0.05) is 51.5 Å². The van der Waals surface area contributed by atoms with Crippen molar-refractivity contribution in [1.82, 2.24) is 4.90 Å². The van der Waals surface area contributed by atoms with Crippen LogP contribution in [0, 0.1) is 18.8 Å². The van der Waals surface area contributed by atoms with Gasteiger partial charge in [0.1, 0.15) is 12.4 Å². The summed E-state index contributed by atoms with van der Waals surface area (Å²) in [6.45, 7) is 12.1. The monoisotopic (exact) mass is 422 g/mol. The van der Waals surface area contributed by atoms with Gasteiger partial charge in [-0.3, -0.25) is 9.59 Å². The molecule has 2 aromatic carbocycles. The maximum absolute atomic E-state index is 13.0. The number of aryl methyl sites for hydroxylation is 1. The van der Waals surface area contributed by atoms with Crippen molar-refractivity contribution in [2.75, 3.05) is 18.1 Å². The Bertz CT molecular complexity index is 919. The fourth-order valence-electron chi connectivity index (χ4n) is 3.75. The summed E-state index contributed by atoms with van der Waals surface area (Å²) in [7, 11) is 0. The molecular weight excluding hydrogens is 388 g/mol. The van der Waals surface area contributed by atoms with Crippen LogP contribution in [-0.4, -0.2) is 29.9 Å². The van der Waals surface area contributed by atoms with Gasteiger partial charge in [-0.05, 0) is 42.7 Å². The number of amides is 2. The van der Waals surface area contributed by atoms with Crippen LogP contribution in [0.5, 0.6) is 5.75 Å². The summed E-state index contributed by atoms with van der Waals surface area (Å²) in [6, 6.07) is 14.1. The number of ether oxygens (including phenoxy) is 1. The van der Waals surface area contributed by atoms with Crippen LogP contribution in [0.2, 0.25) is 0 Å². The van der Waals surface area contributed by atoms with Crippen LogP contribution in [0.1, 0.15) is 50.8 Å². The molecule has 0 aromatic heterocycles. The topological polar surface area (TPSA) is 49.9 Å². The van der Waals surface area contributed by atoms with Crippen molar-refractivity contribution >= 4 is 17.5 Å². The zero-order valence-electron chi connectivity index (χ0n) is 19.4. The largest absolute Gasteiger partial charge is 0.491 e. The molecule has 0 spiro atoms. The van der Waals surface area contributed by atoms with Crippen molar-refractivity contribution in [3.05, 3.63) is 59.2 Å². The van der Waals surface area contributed by atoms with E-state index in [1.807, 2.05) is 67.0 Å². The van der Waals surface area contributed by atoms with Gasteiger partial charge in [-0.2, -0.15) is 0 Å². The molecule has 0 fully saturated rings. The molecule has 2 amide bonds. The van der Waals surface area contributed by atoms with E-state index < -0.39 is 0 Å². The maximum atomic E-state index is 13.0. The standard InChI is InChI=1S/C26H34N2O3/c1-18(2)14-25(29)27-12-13-31-24-11-8-21(15-22(24)17-27)16-28(26(30)19(3)4)23-9-6-20(5)7-10-23/h6-11,15,18-19H,12-14,16-17H2,1-5H3. The number of hydrogen-bond acceptors (Lipinski definition) is 3. The number of hydrogen-bond donors (Lipinski definition) is 0. The van der Waals surface area contributed by atoms with Crippen molar-refractivity contribution in [1.29, 1.82) is 0 Å². The normalized spacial score (nSPS) is 13.6. The highest BCUT2D eigenvalue weighted by Crippen LogP contribution is 2.27. The van der Waals surface area contributed by atoms with Crippen LogP contribution in [0.15, 0.2) is 42.5 Å². The molecule has 0 N–H and O–H groups in total. The molecule has 2 aromatic rings. The lowest BCUT2D eigenvalue weighted by molar-refractivity contribution is -0.132. The second kappa shape index (κ2) is 9.99. The van der Waals surface area contributed by atoms with E-state index in [9.17, 15) is 9.59 Å². The lowest BCUT2D eigenvalue weighted by Crippen LogP contribution is -2.34. The third-order valence-corrected chi connectivity index (χ3v) is 5.49. The Morgan fingerprint density at radius 2 is 1.77 bits per heavy atom. The minimum Gasteiger partial charge on any atom is -0.491 e. The number of carbonyl (C=O) groups excluding carboxylic acids is 2. The molecule has 166 valence electrons. The summed E-state index contributed by atoms with van der Waals surface area (Å²) < 4.78 is 5.90. The zero-order valence-corrected chi connectivity index (χ0v) is 19.4. The molecule has 3 rings (SSSR count). The highest BCUT2D eigenvalue weighted by Gasteiger charge is 2.23. The third kappa shape index (κ3) is 5.87. The van der Waals surface area contributed by atoms with E-state index in [1.54, 1.807) is 0 Å². The summed E-state index contributed by atoms with van der Waals surface area (Å²) in [4.78, 5) is 29.3. The third-order valence-electron chi connectivity index (χ3n) is 5.49. The lowest BCUT2D eigenvalue weighted by atomic mass is 10.1. The number of fused-ring (bicyclic) bond motifs is 1. The van der Waals surface area contributed by atoms with Crippen molar-refractivity contribution in [3.63, 3.8) is 0 Å². The van der Waals surface area contributed by atoms with Crippen molar-refractivity contribution in [2.24, 2.45) is 11.8 Å². The quantitative estimate of drug-likeness (QED) is 0.662. The van der Waals surface area contributed by atoms with Crippen LogP contribution in [-0.2, 0) is 22.7 Å². The second-order valence-electron chi connectivity index (χ2n) is 9.12. The Morgan fingerprint density at radius 3 is 2.42 bits per heavy atom. The highest BCUT2D eigenvalue weighted by atomic mass is 16.5. The molecule has 5 heteroatoms. The fraction of sp³-hybridized carbons (Fsp3) is 0.462. The molecule has 1 aliphatic heterocycles. The van der Waals surface area contributed by atoms with Gasteiger partial charge in [-0.15, -0.1) is 0 Å². The minimum atomic E-state index is -0.102. The van der Waals surface area contributed by atoms with Gasteiger partial charge < -0.3 is 14.5 Å². The minimum absolute atomic E-state index is 0.0868. The van der Waals surface area contributed by atoms with Gasteiger partial charge in [0.2, 0.25) is 11.8 Å². The molecule has 0 bridgehead atoms. The first-order valence-corrected chi connectivity index (χ1v) is 11.1. The Hall–Kier alpha value is -2.82. The summed E-state index contributed by atoms with van der Waals surface area (Å²) in [5, 5.41) is 0. The van der Waals surface area contributed by atoms with Crippen molar-refractivity contribution in [3.8, 4) is 5.75 Å². The number of carbonyl (C=O) groups is 2. The molecular formula is C26H34N2O3. The van der Waals surface area contributed by atoms with Crippen LogP contribution in [0.3, 0.4) is 0 Å². The summed E-state index contributed by atoms with van der Waals surface area (Å²) >= 11 is 0. The van der Waals surface area contributed by atoms with Gasteiger partial charge in [0, 0.05) is 30.1 Å². The van der Waals surface area contributed by atoms with Crippen molar-refractivity contribution in [2.45, 2.75) is 54.1 Å². The van der Waals surface area contributed by atoms with E-state index >= 15 is 0 Å². The number of nitrogens with zero attached hydrogens (tertiary/aromatic N) is 2. The van der Waals surface area contributed by atoms with Crippen LogP contribution < -0.4 is 9.64 Å². The van der Waals surface area contributed by atoms with Crippen LogP contribution in [0.4, 0.5) is 5.69 Å². The summed E-state index contributed by atoms with van der Waals surface area (Å²) in [6.07, 6.45) is 0.541. The Morgan fingerprint density at radius 1 is 1.06 bits per heavy atom. The van der Waals surface area contributed by atoms with E-state index in [0.29, 0.717) is 38.6 Å². The first-order chi connectivity index (χ1) is 14.7. The zero-order chi connectivity index (χ0) is 22.5. The van der Waals surface area contributed by atoms with Gasteiger partial charge in [-0.25, -0.2) is 0 Å².